The molecule has 0 unspecified atom stereocenters. The molecule has 0 aliphatic heterocycles. The number of fused-ring (bicyclic) bond motifs is 1. The highest BCUT2D eigenvalue weighted by Gasteiger charge is 2.08. The number of rotatable bonds is 1. The summed E-state index contributed by atoms with van der Waals surface area (Å²) in [6, 6.07) is 7.88. The maximum absolute atomic E-state index is 5.69. The lowest BCUT2D eigenvalue weighted by Crippen LogP contribution is -1.76. The molecule has 0 radical (unpaired) electrons. The van der Waals surface area contributed by atoms with Crippen LogP contribution >= 0.6 is 34.5 Å². The van der Waals surface area contributed by atoms with E-state index in [0.29, 0.717) is 0 Å². The van der Waals surface area contributed by atoms with E-state index in [1.807, 2.05) is 24.3 Å². The van der Waals surface area contributed by atoms with Gasteiger partial charge in [-0.05, 0) is 12.1 Å². The Bertz CT molecular complexity index is 364. The zero-order valence-corrected chi connectivity index (χ0v) is 8.33. The molecule has 1 aromatic heterocycles. The first-order chi connectivity index (χ1) is 5.77. The Kier molecular flexibility index (Phi) is 2.22. The summed E-state index contributed by atoms with van der Waals surface area (Å²) in [4.78, 5) is 3.76. The van der Waals surface area contributed by atoms with Gasteiger partial charge in [0.25, 0.3) is 0 Å². The average molecular weight is 218 g/mol. The normalized spacial score (nSPS) is 11.2. The molecule has 0 aliphatic carbocycles. The maximum atomic E-state index is 5.69. The van der Waals surface area contributed by atoms with Crippen molar-refractivity contribution in [1.82, 2.24) is 4.98 Å². The van der Waals surface area contributed by atoms with Crippen LogP contribution in [-0.4, -0.2) is 4.98 Å². The molecule has 0 saturated heterocycles. The predicted molar refractivity (Wildman–Crippen MR) is 54.1 cm³/mol. The van der Waals surface area contributed by atoms with Crippen LogP contribution in [0.4, 0.5) is 0 Å². The van der Waals surface area contributed by atoms with Crippen LogP contribution < -0.4 is 0 Å². The van der Waals surface area contributed by atoms with E-state index >= 15 is 0 Å². The van der Waals surface area contributed by atoms with Crippen molar-refractivity contribution in [3.8, 4) is 0 Å². The van der Waals surface area contributed by atoms with E-state index in [-0.39, 0.29) is 0 Å². The lowest BCUT2D eigenvalue weighted by molar-refractivity contribution is 1.27. The number of thiazole rings is 1. The van der Waals surface area contributed by atoms with Crippen molar-refractivity contribution in [3.63, 3.8) is 0 Å². The van der Waals surface area contributed by atoms with Gasteiger partial charge in [-0.25, -0.2) is 4.98 Å². The number of alkyl halides is 2. The summed E-state index contributed by atoms with van der Waals surface area (Å²) in [5, 5.41) is 0.763. The first-order valence-electron chi connectivity index (χ1n) is 3.41. The number of aromatic nitrogens is 1. The largest absolute Gasteiger partial charge is 0.238 e. The van der Waals surface area contributed by atoms with Crippen LogP contribution in [0.1, 0.15) is 9.84 Å². The fourth-order valence-electron chi connectivity index (χ4n) is 0.983. The van der Waals surface area contributed by atoms with Gasteiger partial charge < -0.3 is 0 Å². The molecule has 4 heteroatoms. The molecule has 2 rings (SSSR count). The van der Waals surface area contributed by atoms with Crippen LogP contribution in [0.5, 0.6) is 0 Å². The summed E-state index contributed by atoms with van der Waals surface area (Å²) in [6.45, 7) is 0. The second-order valence-electron chi connectivity index (χ2n) is 2.32. The van der Waals surface area contributed by atoms with E-state index in [1.54, 1.807) is 0 Å². The highest BCUT2D eigenvalue weighted by atomic mass is 35.5. The van der Waals surface area contributed by atoms with Gasteiger partial charge in [-0.15, -0.1) is 11.3 Å². The Morgan fingerprint density at radius 2 is 2.00 bits per heavy atom. The van der Waals surface area contributed by atoms with Crippen LogP contribution in [0.15, 0.2) is 24.3 Å². The van der Waals surface area contributed by atoms with E-state index in [4.69, 9.17) is 23.2 Å². The van der Waals surface area contributed by atoms with E-state index in [9.17, 15) is 0 Å². The standard InChI is InChI=1S/C8H5Cl2NS/c9-7(10)8-11-5-3-1-2-4-6(5)12-8/h1-4,7H. The molecule has 1 aromatic carbocycles. The fraction of sp³-hybridized carbons (Fsp3) is 0.125. The molecule has 0 saturated carbocycles. The molecule has 1 heterocycles. The van der Waals surface area contributed by atoms with Crippen molar-refractivity contribution in [2.24, 2.45) is 0 Å². The molecule has 0 bridgehead atoms. The topological polar surface area (TPSA) is 12.9 Å². The molecule has 0 aliphatic rings. The fourth-order valence-corrected chi connectivity index (χ4v) is 2.17. The van der Waals surface area contributed by atoms with Gasteiger partial charge in [0.05, 0.1) is 10.2 Å². The second kappa shape index (κ2) is 3.21. The smallest absolute Gasteiger partial charge is 0.159 e. The van der Waals surface area contributed by atoms with Crippen molar-refractivity contribution in [2.75, 3.05) is 0 Å². The van der Waals surface area contributed by atoms with Crippen molar-refractivity contribution < 1.29 is 0 Å². The third-order valence-corrected chi connectivity index (χ3v) is 3.27. The van der Waals surface area contributed by atoms with Gasteiger partial charge in [-0.2, -0.15) is 0 Å². The quantitative estimate of drug-likeness (QED) is 0.664. The average Bonchev–Trinajstić information content (AvgIpc) is 2.46. The summed E-state index contributed by atoms with van der Waals surface area (Å²) in [7, 11) is 0. The summed E-state index contributed by atoms with van der Waals surface area (Å²) in [6.07, 6.45) is 0. The van der Waals surface area contributed by atoms with Crippen LogP contribution in [0.3, 0.4) is 0 Å². The molecule has 2 aromatic rings. The SMILES string of the molecule is ClC(Cl)c1nc2ccccc2s1. The van der Waals surface area contributed by atoms with Crippen LogP contribution in [0.2, 0.25) is 0 Å². The summed E-state index contributed by atoms with van der Waals surface area (Å²) in [5.74, 6) is 0. The third kappa shape index (κ3) is 1.42. The zero-order chi connectivity index (χ0) is 8.55. The Hall–Kier alpha value is -0.310. The van der Waals surface area contributed by atoms with Crippen LogP contribution in [0, 0.1) is 0 Å². The summed E-state index contributed by atoms with van der Waals surface area (Å²) >= 11 is 12.9. The monoisotopic (exact) mass is 217 g/mol. The van der Waals surface area contributed by atoms with Gasteiger partial charge in [-0.1, -0.05) is 35.3 Å². The molecular weight excluding hydrogens is 213 g/mol. The van der Waals surface area contributed by atoms with E-state index < -0.39 is 4.84 Å². The summed E-state index contributed by atoms with van der Waals surface area (Å²) in [5.41, 5.74) is 0.962. The minimum atomic E-state index is -0.512. The highest BCUT2D eigenvalue weighted by Crippen LogP contribution is 2.31. The minimum absolute atomic E-state index is 0.512. The molecular formula is C8H5Cl2NS. The predicted octanol–water partition coefficient (Wildman–Crippen LogP) is 3.77. The van der Waals surface area contributed by atoms with Gasteiger partial charge in [0, 0.05) is 0 Å². The second-order valence-corrected chi connectivity index (χ2v) is 4.48. The summed E-state index contributed by atoms with van der Waals surface area (Å²) < 4.78 is 1.12. The number of benzene rings is 1. The van der Waals surface area contributed by atoms with Gasteiger partial charge >= 0.3 is 0 Å². The van der Waals surface area contributed by atoms with Crippen molar-refractivity contribution >= 4 is 44.8 Å². The van der Waals surface area contributed by atoms with Gasteiger partial charge in [0.2, 0.25) is 0 Å². The molecule has 0 amide bonds. The van der Waals surface area contributed by atoms with Crippen molar-refractivity contribution in [1.29, 1.82) is 0 Å². The molecule has 0 fully saturated rings. The van der Waals surface area contributed by atoms with Crippen LogP contribution in [-0.2, 0) is 0 Å². The minimum Gasteiger partial charge on any atom is -0.238 e. The molecule has 0 atom stereocenters. The maximum Gasteiger partial charge on any atom is 0.159 e. The molecule has 12 heavy (non-hydrogen) atoms. The Labute approximate surface area is 83.9 Å². The van der Waals surface area contributed by atoms with E-state index in [1.165, 1.54) is 11.3 Å². The molecule has 0 N–H and O–H groups in total. The number of para-hydroxylation sites is 1. The number of halogens is 2. The first-order valence-corrected chi connectivity index (χ1v) is 5.10. The first kappa shape index (κ1) is 8.30. The lowest BCUT2D eigenvalue weighted by Gasteiger charge is -1.89. The Morgan fingerprint density at radius 3 is 2.67 bits per heavy atom. The molecule has 1 nitrogen and oxygen atoms in total. The molecule has 0 spiro atoms. The van der Waals surface area contributed by atoms with Gasteiger partial charge in [-0.3, -0.25) is 0 Å². The van der Waals surface area contributed by atoms with Gasteiger partial charge in [0.1, 0.15) is 5.01 Å². The van der Waals surface area contributed by atoms with E-state index in [0.717, 1.165) is 15.2 Å². The number of hydrogen-bond acceptors (Lipinski definition) is 2. The zero-order valence-electron chi connectivity index (χ0n) is 6.00. The highest BCUT2D eigenvalue weighted by molar-refractivity contribution is 7.19. The van der Waals surface area contributed by atoms with Crippen molar-refractivity contribution in [3.05, 3.63) is 29.3 Å². The van der Waals surface area contributed by atoms with Crippen molar-refractivity contribution in [2.45, 2.75) is 4.84 Å². The third-order valence-electron chi connectivity index (χ3n) is 1.50. The van der Waals surface area contributed by atoms with Crippen LogP contribution in [0.25, 0.3) is 10.2 Å². The number of nitrogens with zero attached hydrogens (tertiary/aromatic N) is 1. The van der Waals surface area contributed by atoms with E-state index in [2.05, 4.69) is 4.98 Å². The lowest BCUT2D eigenvalue weighted by atomic mass is 10.3. The number of hydrogen-bond donors (Lipinski definition) is 0. The molecule has 62 valence electrons. The Morgan fingerprint density at radius 1 is 1.25 bits per heavy atom. The Balaban J connectivity index is 2.62. The van der Waals surface area contributed by atoms with Gasteiger partial charge in [0.15, 0.2) is 4.84 Å².